The Balaban J connectivity index is 2.45. The van der Waals surface area contributed by atoms with Crippen LogP contribution in [0.15, 0.2) is 16.1 Å². The summed E-state index contributed by atoms with van der Waals surface area (Å²) in [5, 5.41) is 11.9. The predicted molar refractivity (Wildman–Crippen MR) is 97.7 cm³/mol. The van der Waals surface area contributed by atoms with Crippen LogP contribution in [0.4, 0.5) is 0 Å². The normalized spacial score (nSPS) is 12.0. The Morgan fingerprint density at radius 3 is 2.46 bits per heavy atom. The van der Waals surface area contributed by atoms with Gasteiger partial charge in [-0.3, -0.25) is 19.0 Å². The van der Waals surface area contributed by atoms with Gasteiger partial charge in [-0.15, -0.1) is 0 Å². The fraction of sp³-hybridized carbons (Fsp3) is 0.438. The highest BCUT2D eigenvalue weighted by atomic mass is 32.2. The van der Waals surface area contributed by atoms with Crippen molar-refractivity contribution >= 4 is 32.7 Å². The third-order valence-electron chi connectivity index (χ3n) is 3.45. The molecule has 0 radical (unpaired) electrons. The fourth-order valence-corrected chi connectivity index (χ4v) is 2.78. The Bertz CT molecular complexity index is 1130. The van der Waals surface area contributed by atoms with Crippen molar-refractivity contribution in [3.63, 3.8) is 0 Å². The molecule has 0 aromatic carbocycles. The molecule has 0 atom stereocenters. The summed E-state index contributed by atoms with van der Waals surface area (Å²) in [6.07, 6.45) is 1.89. The molecule has 0 fully saturated rings. The van der Waals surface area contributed by atoms with E-state index < -0.39 is 55.9 Å². The van der Waals surface area contributed by atoms with Gasteiger partial charge in [0.25, 0.3) is 11.5 Å². The lowest BCUT2D eigenvalue weighted by Gasteiger charge is -2.19. The Labute approximate surface area is 160 Å². The van der Waals surface area contributed by atoms with Gasteiger partial charge in [-0.05, 0) is 20.8 Å². The monoisotopic (exact) mass is 412 g/mol. The third kappa shape index (κ3) is 4.44. The number of pyridine rings is 1. The molecule has 0 aliphatic carbocycles. The maximum absolute atomic E-state index is 12.5. The van der Waals surface area contributed by atoms with Gasteiger partial charge in [0.1, 0.15) is 23.5 Å². The first kappa shape index (κ1) is 21.3. The number of sulfone groups is 1. The van der Waals surface area contributed by atoms with Crippen LogP contribution in [0, 0.1) is 0 Å². The molecular formula is C16H20N4O7S. The molecule has 0 saturated carbocycles. The molecule has 2 aromatic heterocycles. The van der Waals surface area contributed by atoms with Gasteiger partial charge in [0.2, 0.25) is 15.0 Å². The summed E-state index contributed by atoms with van der Waals surface area (Å²) in [4.78, 5) is 44.0. The van der Waals surface area contributed by atoms with Crippen LogP contribution in [0.5, 0.6) is 5.75 Å². The van der Waals surface area contributed by atoms with Crippen molar-refractivity contribution in [3.8, 4) is 5.75 Å². The molecule has 0 aliphatic rings. The van der Waals surface area contributed by atoms with E-state index in [-0.39, 0.29) is 11.0 Å². The fourth-order valence-electron chi connectivity index (χ4n) is 2.28. The second-order valence-electron chi connectivity index (χ2n) is 7.02. The lowest BCUT2D eigenvalue weighted by atomic mass is 10.1. The van der Waals surface area contributed by atoms with Gasteiger partial charge in [-0.2, -0.15) is 4.98 Å². The predicted octanol–water partition coefficient (Wildman–Crippen LogP) is -0.491. The number of rotatable bonds is 4. The summed E-state index contributed by atoms with van der Waals surface area (Å²) < 4.78 is 29.2. The zero-order valence-electron chi connectivity index (χ0n) is 15.9. The average Bonchev–Trinajstić information content (AvgIpc) is 2.55. The first-order chi connectivity index (χ1) is 12.7. The maximum atomic E-state index is 12.5. The van der Waals surface area contributed by atoms with E-state index in [2.05, 4.69) is 15.3 Å². The van der Waals surface area contributed by atoms with Crippen molar-refractivity contribution in [2.75, 3.05) is 12.8 Å². The van der Waals surface area contributed by atoms with Gasteiger partial charge >= 0.3 is 5.97 Å². The Morgan fingerprint density at radius 2 is 1.93 bits per heavy atom. The molecule has 1 amide bonds. The van der Waals surface area contributed by atoms with E-state index in [0.717, 1.165) is 17.0 Å². The zero-order chi connectivity index (χ0) is 21.4. The summed E-state index contributed by atoms with van der Waals surface area (Å²) in [7, 11) is -2.49. The largest absolute Gasteiger partial charge is 0.506 e. The van der Waals surface area contributed by atoms with E-state index in [1.165, 1.54) is 7.05 Å². The minimum Gasteiger partial charge on any atom is -0.506 e. The van der Waals surface area contributed by atoms with Gasteiger partial charge in [0.05, 0.1) is 5.39 Å². The number of nitrogens with zero attached hydrogens (tertiary/aromatic N) is 3. The number of hydrogen-bond donors (Lipinski definition) is 2. The van der Waals surface area contributed by atoms with E-state index in [9.17, 15) is 27.9 Å². The Kier molecular flexibility index (Phi) is 5.46. The van der Waals surface area contributed by atoms with Crippen LogP contribution in [0.1, 0.15) is 31.1 Å². The van der Waals surface area contributed by atoms with Crippen molar-refractivity contribution in [3.05, 3.63) is 22.1 Å². The summed E-state index contributed by atoms with van der Waals surface area (Å²) in [5.74, 6) is -2.45. The minimum atomic E-state index is -3.75. The summed E-state index contributed by atoms with van der Waals surface area (Å²) in [6.45, 7) is 4.45. The highest BCUT2D eigenvalue weighted by molar-refractivity contribution is 7.90. The molecule has 2 rings (SSSR count). The minimum absolute atomic E-state index is 0.100. The lowest BCUT2D eigenvalue weighted by Crippen LogP contribution is -2.37. The first-order valence-electron chi connectivity index (χ1n) is 8.01. The summed E-state index contributed by atoms with van der Waals surface area (Å²) in [6, 6.07) is 0. The van der Waals surface area contributed by atoms with Crippen LogP contribution in [0.3, 0.4) is 0 Å². The van der Waals surface area contributed by atoms with Crippen LogP contribution in [-0.2, 0) is 26.4 Å². The van der Waals surface area contributed by atoms with E-state index in [0.29, 0.717) is 0 Å². The van der Waals surface area contributed by atoms with Gasteiger partial charge in [0.15, 0.2) is 5.65 Å². The average molecular weight is 412 g/mol. The van der Waals surface area contributed by atoms with Crippen molar-refractivity contribution in [2.24, 2.45) is 7.05 Å². The van der Waals surface area contributed by atoms with E-state index >= 15 is 0 Å². The molecule has 0 bridgehead atoms. The lowest BCUT2D eigenvalue weighted by molar-refractivity contribution is -0.153. The number of amides is 1. The van der Waals surface area contributed by atoms with Crippen molar-refractivity contribution in [2.45, 2.75) is 31.5 Å². The summed E-state index contributed by atoms with van der Waals surface area (Å²) >= 11 is 0. The molecule has 11 nitrogen and oxygen atoms in total. The first-order valence-corrected chi connectivity index (χ1v) is 9.90. The SMILES string of the molecule is Cn1c(=O)c(C(=O)NCC(=O)OC(C)(C)C)c(O)c2cnc(S(C)(=O)=O)nc21. The number of fused-ring (bicyclic) bond motifs is 1. The highest BCUT2D eigenvalue weighted by Gasteiger charge is 2.25. The van der Waals surface area contributed by atoms with Crippen LogP contribution in [0.25, 0.3) is 11.0 Å². The molecule has 2 heterocycles. The number of carbonyl (C=O) groups excluding carboxylic acids is 2. The number of nitrogens with one attached hydrogen (secondary N) is 1. The highest BCUT2D eigenvalue weighted by Crippen LogP contribution is 2.24. The van der Waals surface area contributed by atoms with Crippen molar-refractivity contribution in [1.82, 2.24) is 19.9 Å². The van der Waals surface area contributed by atoms with Gasteiger partial charge in [-0.25, -0.2) is 13.4 Å². The van der Waals surface area contributed by atoms with Crippen LogP contribution in [-0.4, -0.2) is 58.3 Å². The molecule has 28 heavy (non-hydrogen) atoms. The molecule has 0 spiro atoms. The molecule has 0 saturated heterocycles. The number of esters is 1. The van der Waals surface area contributed by atoms with Gasteiger partial charge in [-0.1, -0.05) is 0 Å². The van der Waals surface area contributed by atoms with Crippen molar-refractivity contribution < 1.29 is 27.9 Å². The molecular weight excluding hydrogens is 392 g/mol. The second-order valence-corrected chi connectivity index (χ2v) is 8.93. The molecule has 0 aliphatic heterocycles. The Morgan fingerprint density at radius 1 is 1.32 bits per heavy atom. The molecule has 12 heteroatoms. The summed E-state index contributed by atoms with van der Waals surface area (Å²) in [5.41, 5.74) is -2.47. The van der Waals surface area contributed by atoms with E-state index in [1.54, 1.807) is 20.8 Å². The van der Waals surface area contributed by atoms with Crippen LogP contribution < -0.4 is 10.9 Å². The quantitative estimate of drug-likeness (QED) is 0.499. The number of aryl methyl sites for hydroxylation is 1. The smallest absolute Gasteiger partial charge is 0.325 e. The van der Waals surface area contributed by atoms with Crippen LogP contribution in [0.2, 0.25) is 0 Å². The number of ether oxygens (including phenoxy) is 1. The Hall–Kier alpha value is -3.02. The number of aromatic hydroxyl groups is 1. The standard InChI is InChI=1S/C16H20N4O7S/c1-16(2,3)27-9(21)7-17-13(23)10-11(22)8-6-18-15(28(5,25)26)19-12(8)20(4)14(10)24/h6,22H,7H2,1-5H3,(H,17,23). The van der Waals surface area contributed by atoms with E-state index in [4.69, 9.17) is 4.74 Å². The zero-order valence-corrected chi connectivity index (χ0v) is 16.7. The van der Waals surface area contributed by atoms with Crippen molar-refractivity contribution in [1.29, 1.82) is 0 Å². The van der Waals surface area contributed by atoms with Gasteiger partial charge in [0, 0.05) is 19.5 Å². The molecule has 2 aromatic rings. The van der Waals surface area contributed by atoms with E-state index in [1.807, 2.05) is 0 Å². The third-order valence-corrected chi connectivity index (χ3v) is 4.31. The topological polar surface area (TPSA) is 158 Å². The molecule has 2 N–H and O–H groups in total. The second kappa shape index (κ2) is 7.19. The number of carbonyl (C=O) groups is 2. The number of hydrogen-bond acceptors (Lipinski definition) is 9. The van der Waals surface area contributed by atoms with Crippen LogP contribution >= 0.6 is 0 Å². The molecule has 0 unspecified atom stereocenters. The maximum Gasteiger partial charge on any atom is 0.325 e. The molecule has 152 valence electrons. The number of aromatic nitrogens is 3. The van der Waals surface area contributed by atoms with Gasteiger partial charge < -0.3 is 15.2 Å².